The summed E-state index contributed by atoms with van der Waals surface area (Å²) >= 11 is 1.50. The Hall–Kier alpha value is -3.15. The number of carbonyl (C=O) groups is 1. The Morgan fingerprint density at radius 1 is 1.25 bits per heavy atom. The number of hydrogen-bond acceptors (Lipinski definition) is 7. The van der Waals surface area contributed by atoms with E-state index in [2.05, 4.69) is 20.9 Å². The SMILES string of the molecule is CC=O.CNSc1ccc(-n2nc(C)c(-c3ccc(C#N)cc3)c2OC)nc1. The largest absolute Gasteiger partial charge is 0.480 e. The molecule has 0 atom stereocenters. The zero-order chi connectivity index (χ0) is 20.5. The number of carbonyl (C=O) groups excluding carboxylic acids is 1. The van der Waals surface area contributed by atoms with Gasteiger partial charge in [0.2, 0.25) is 5.88 Å². The van der Waals surface area contributed by atoms with Crippen LogP contribution in [0.2, 0.25) is 0 Å². The molecule has 2 heterocycles. The van der Waals surface area contributed by atoms with Crippen LogP contribution in [0.25, 0.3) is 16.9 Å². The third kappa shape index (κ3) is 4.76. The van der Waals surface area contributed by atoms with Gasteiger partial charge in [-0.05, 0) is 62.7 Å². The van der Waals surface area contributed by atoms with Crippen molar-refractivity contribution in [2.75, 3.05) is 14.2 Å². The summed E-state index contributed by atoms with van der Waals surface area (Å²) < 4.78 is 10.3. The first-order valence-corrected chi connectivity index (χ1v) is 9.25. The number of nitrogens with one attached hydrogen (secondary N) is 1. The number of aromatic nitrogens is 3. The summed E-state index contributed by atoms with van der Waals surface area (Å²) in [5.74, 6) is 1.30. The van der Waals surface area contributed by atoms with Crippen molar-refractivity contribution in [3.05, 3.63) is 53.9 Å². The molecule has 0 saturated carbocycles. The smallest absolute Gasteiger partial charge is 0.226 e. The number of hydrogen-bond donors (Lipinski definition) is 1. The van der Waals surface area contributed by atoms with E-state index < -0.39 is 0 Å². The van der Waals surface area contributed by atoms with E-state index in [1.54, 1.807) is 30.1 Å². The highest BCUT2D eigenvalue weighted by molar-refractivity contribution is 7.97. The lowest BCUT2D eigenvalue weighted by Gasteiger charge is -2.08. The Balaban J connectivity index is 0.000000878. The van der Waals surface area contributed by atoms with Crippen molar-refractivity contribution < 1.29 is 9.53 Å². The summed E-state index contributed by atoms with van der Waals surface area (Å²) in [6.07, 6.45) is 2.54. The molecule has 0 saturated heterocycles. The summed E-state index contributed by atoms with van der Waals surface area (Å²) in [7, 11) is 3.48. The standard InChI is InChI=1S/C18H17N5OS.C2H4O/c1-12-17(14-6-4-13(10-19)5-7-14)18(24-3)23(22-12)16-9-8-15(11-21-16)25-20-2;1-2-3/h4-9,11,20H,1-3H3;2H,1H3. The number of ether oxygens (including phenoxy) is 1. The van der Waals surface area contributed by atoms with Crippen molar-refractivity contribution in [3.63, 3.8) is 0 Å². The highest BCUT2D eigenvalue weighted by atomic mass is 32.2. The molecule has 3 aromatic rings. The van der Waals surface area contributed by atoms with Crippen LogP contribution in [0.15, 0.2) is 47.5 Å². The van der Waals surface area contributed by atoms with Gasteiger partial charge in [-0.25, -0.2) is 4.98 Å². The maximum Gasteiger partial charge on any atom is 0.226 e. The third-order valence-electron chi connectivity index (χ3n) is 3.67. The second kappa shape index (κ2) is 10.3. The molecule has 28 heavy (non-hydrogen) atoms. The average molecular weight is 395 g/mol. The first-order chi connectivity index (χ1) is 13.6. The molecule has 0 amide bonds. The Kier molecular flexibility index (Phi) is 7.75. The molecule has 144 valence electrons. The van der Waals surface area contributed by atoms with Crippen LogP contribution in [-0.2, 0) is 4.79 Å². The van der Waals surface area contributed by atoms with E-state index in [0.29, 0.717) is 17.3 Å². The molecule has 8 heteroatoms. The van der Waals surface area contributed by atoms with Crippen LogP contribution in [0.4, 0.5) is 0 Å². The molecule has 0 aliphatic rings. The maximum atomic E-state index is 8.96. The van der Waals surface area contributed by atoms with Crippen molar-refractivity contribution in [3.8, 4) is 28.9 Å². The lowest BCUT2D eigenvalue weighted by molar-refractivity contribution is -0.106. The van der Waals surface area contributed by atoms with Crippen LogP contribution in [0.5, 0.6) is 5.88 Å². The zero-order valence-electron chi connectivity index (χ0n) is 16.1. The second-order valence-electron chi connectivity index (χ2n) is 5.46. The Morgan fingerprint density at radius 3 is 2.43 bits per heavy atom. The summed E-state index contributed by atoms with van der Waals surface area (Å²) in [5.41, 5.74) is 3.29. The highest BCUT2D eigenvalue weighted by Gasteiger charge is 2.19. The van der Waals surface area contributed by atoms with Crippen molar-refractivity contribution in [2.24, 2.45) is 0 Å². The molecule has 0 radical (unpaired) electrons. The minimum Gasteiger partial charge on any atom is -0.480 e. The predicted molar refractivity (Wildman–Crippen MR) is 109 cm³/mol. The number of rotatable bonds is 5. The number of pyridine rings is 1. The maximum absolute atomic E-state index is 8.96. The van der Waals surface area contributed by atoms with Gasteiger partial charge in [0.05, 0.1) is 30.0 Å². The van der Waals surface area contributed by atoms with Crippen LogP contribution in [0, 0.1) is 18.3 Å². The van der Waals surface area contributed by atoms with E-state index in [0.717, 1.165) is 28.0 Å². The van der Waals surface area contributed by atoms with E-state index in [1.165, 1.54) is 18.9 Å². The van der Waals surface area contributed by atoms with Crippen molar-refractivity contribution in [1.82, 2.24) is 19.5 Å². The average Bonchev–Trinajstić information content (AvgIpc) is 3.05. The van der Waals surface area contributed by atoms with Gasteiger partial charge >= 0.3 is 0 Å². The fourth-order valence-corrected chi connectivity index (χ4v) is 3.05. The van der Waals surface area contributed by atoms with Crippen molar-refractivity contribution in [1.29, 1.82) is 5.26 Å². The number of benzene rings is 1. The van der Waals surface area contributed by atoms with Gasteiger partial charge in [-0.3, -0.25) is 4.72 Å². The van der Waals surface area contributed by atoms with E-state index in [1.807, 2.05) is 38.2 Å². The molecular formula is C20H21N5O2S. The Bertz CT molecular complexity index is 960. The minimum absolute atomic E-state index is 0.615. The topological polar surface area (TPSA) is 92.8 Å². The van der Waals surface area contributed by atoms with Crippen molar-refractivity contribution in [2.45, 2.75) is 18.7 Å². The Morgan fingerprint density at radius 2 is 1.93 bits per heavy atom. The van der Waals surface area contributed by atoms with E-state index in [-0.39, 0.29) is 0 Å². The molecular weight excluding hydrogens is 374 g/mol. The molecule has 0 unspecified atom stereocenters. The van der Waals surface area contributed by atoms with Gasteiger partial charge in [0, 0.05) is 11.1 Å². The first kappa shape index (κ1) is 21.2. The molecule has 0 spiro atoms. The highest BCUT2D eigenvalue weighted by Crippen LogP contribution is 2.34. The summed E-state index contributed by atoms with van der Waals surface area (Å²) in [4.78, 5) is 14.3. The van der Waals surface area contributed by atoms with Crippen LogP contribution in [0.3, 0.4) is 0 Å². The molecule has 3 rings (SSSR count). The number of nitrogens with zero attached hydrogens (tertiary/aromatic N) is 4. The number of aryl methyl sites for hydroxylation is 1. The van der Waals surface area contributed by atoms with Crippen LogP contribution in [-0.4, -0.2) is 35.2 Å². The molecule has 1 aromatic carbocycles. The molecule has 0 bridgehead atoms. The lowest BCUT2D eigenvalue weighted by Crippen LogP contribution is -2.03. The number of methoxy groups -OCH3 is 1. The van der Waals surface area contributed by atoms with Crippen molar-refractivity contribution >= 4 is 18.2 Å². The fraction of sp³-hybridized carbons (Fsp3) is 0.200. The van der Waals surface area contributed by atoms with Crippen LogP contribution in [0.1, 0.15) is 18.2 Å². The molecule has 0 fully saturated rings. The van der Waals surface area contributed by atoms with Gasteiger partial charge in [-0.1, -0.05) is 12.1 Å². The Labute approximate surface area is 168 Å². The molecule has 7 nitrogen and oxygen atoms in total. The van der Waals surface area contributed by atoms with Gasteiger partial charge in [-0.2, -0.15) is 15.0 Å². The van der Waals surface area contributed by atoms with E-state index >= 15 is 0 Å². The minimum atomic E-state index is 0.615. The van der Waals surface area contributed by atoms with Gasteiger partial charge in [0.1, 0.15) is 6.29 Å². The number of nitriles is 1. The molecule has 2 aromatic heterocycles. The van der Waals surface area contributed by atoms with Gasteiger partial charge < -0.3 is 9.53 Å². The van der Waals surface area contributed by atoms with Gasteiger partial charge in [-0.15, -0.1) is 0 Å². The third-order valence-corrected chi connectivity index (χ3v) is 4.35. The molecule has 1 N–H and O–H groups in total. The normalized spacial score (nSPS) is 9.82. The predicted octanol–water partition coefficient (Wildman–Crippen LogP) is 3.55. The van der Waals surface area contributed by atoms with Gasteiger partial charge in [0.15, 0.2) is 5.82 Å². The molecule has 0 aliphatic carbocycles. The zero-order valence-corrected chi connectivity index (χ0v) is 16.9. The molecule has 0 aliphatic heterocycles. The quantitative estimate of drug-likeness (QED) is 0.521. The summed E-state index contributed by atoms with van der Waals surface area (Å²) in [6.45, 7) is 3.37. The summed E-state index contributed by atoms with van der Waals surface area (Å²) in [5, 5.41) is 13.6. The van der Waals surface area contributed by atoms with Gasteiger partial charge in [0.25, 0.3) is 0 Å². The lowest BCUT2D eigenvalue weighted by atomic mass is 10.0. The van der Waals surface area contributed by atoms with Crippen LogP contribution < -0.4 is 9.46 Å². The number of aldehydes is 1. The van der Waals surface area contributed by atoms with E-state index in [4.69, 9.17) is 14.8 Å². The van der Waals surface area contributed by atoms with E-state index in [9.17, 15) is 0 Å². The fourth-order valence-electron chi connectivity index (χ4n) is 2.57. The second-order valence-corrected chi connectivity index (χ2v) is 6.55. The van der Waals surface area contributed by atoms with Crippen LogP contribution >= 0.6 is 11.9 Å². The summed E-state index contributed by atoms with van der Waals surface area (Å²) in [6, 6.07) is 13.4. The first-order valence-electron chi connectivity index (χ1n) is 8.43. The monoisotopic (exact) mass is 395 g/mol.